The van der Waals surface area contributed by atoms with Gasteiger partial charge in [-0.1, -0.05) is 12.8 Å². The van der Waals surface area contributed by atoms with Crippen LogP contribution in [0.25, 0.3) is 0 Å². The van der Waals surface area contributed by atoms with E-state index in [9.17, 15) is 9.90 Å². The number of methoxy groups -OCH3 is 1. The molecule has 17 heavy (non-hydrogen) atoms. The predicted molar refractivity (Wildman–Crippen MR) is 65.5 cm³/mol. The van der Waals surface area contributed by atoms with Crippen LogP contribution in [0.4, 0.5) is 0 Å². The molecule has 1 amide bonds. The molecule has 0 bridgehead atoms. The minimum absolute atomic E-state index is 0.0253. The predicted octanol–water partition coefficient (Wildman–Crippen LogP) is 0.114. The first kappa shape index (κ1) is 14.4. The lowest BCUT2D eigenvalue weighted by Gasteiger charge is -2.29. The minimum Gasteiger partial charge on any atom is -0.388 e. The highest BCUT2D eigenvalue weighted by Crippen LogP contribution is 2.30. The summed E-state index contributed by atoms with van der Waals surface area (Å²) >= 11 is 0. The molecule has 5 nitrogen and oxygen atoms in total. The van der Waals surface area contributed by atoms with E-state index in [4.69, 9.17) is 10.5 Å². The zero-order valence-corrected chi connectivity index (χ0v) is 10.8. The molecule has 1 atom stereocenters. The van der Waals surface area contributed by atoms with E-state index in [2.05, 4.69) is 0 Å². The van der Waals surface area contributed by atoms with E-state index in [0.717, 1.165) is 25.7 Å². The lowest BCUT2D eigenvalue weighted by molar-refractivity contribution is -0.135. The summed E-state index contributed by atoms with van der Waals surface area (Å²) in [5.41, 5.74) is 4.79. The van der Waals surface area contributed by atoms with Gasteiger partial charge < -0.3 is 20.5 Å². The van der Waals surface area contributed by atoms with Gasteiger partial charge in [-0.05, 0) is 12.8 Å². The van der Waals surface area contributed by atoms with Crippen LogP contribution in [0.15, 0.2) is 0 Å². The largest absolute Gasteiger partial charge is 0.388 e. The van der Waals surface area contributed by atoms with Crippen LogP contribution in [-0.2, 0) is 9.53 Å². The zero-order valence-electron chi connectivity index (χ0n) is 10.8. The van der Waals surface area contributed by atoms with Crippen molar-refractivity contribution in [3.8, 4) is 0 Å². The van der Waals surface area contributed by atoms with Gasteiger partial charge in [0.1, 0.15) is 0 Å². The minimum atomic E-state index is -0.685. The Morgan fingerprint density at radius 3 is 2.59 bits per heavy atom. The van der Waals surface area contributed by atoms with E-state index in [0.29, 0.717) is 13.1 Å². The molecule has 0 spiro atoms. The van der Waals surface area contributed by atoms with Gasteiger partial charge in [-0.25, -0.2) is 0 Å². The van der Waals surface area contributed by atoms with Gasteiger partial charge in [0.15, 0.2) is 0 Å². The number of aliphatic hydroxyl groups is 1. The van der Waals surface area contributed by atoms with Gasteiger partial charge in [0.2, 0.25) is 5.91 Å². The van der Waals surface area contributed by atoms with Crippen LogP contribution >= 0.6 is 0 Å². The number of ether oxygens (including phenoxy) is 1. The van der Waals surface area contributed by atoms with E-state index in [1.165, 1.54) is 0 Å². The van der Waals surface area contributed by atoms with Crippen molar-refractivity contribution in [2.45, 2.75) is 43.8 Å². The fourth-order valence-electron chi connectivity index (χ4n) is 2.33. The second kappa shape index (κ2) is 6.33. The van der Waals surface area contributed by atoms with Crippen molar-refractivity contribution >= 4 is 5.91 Å². The number of hydrogen-bond acceptors (Lipinski definition) is 4. The topological polar surface area (TPSA) is 75.8 Å². The van der Waals surface area contributed by atoms with Crippen LogP contribution in [-0.4, -0.2) is 54.9 Å². The highest BCUT2D eigenvalue weighted by Gasteiger charge is 2.33. The first-order valence-electron chi connectivity index (χ1n) is 6.20. The Morgan fingerprint density at radius 2 is 2.12 bits per heavy atom. The van der Waals surface area contributed by atoms with Gasteiger partial charge in [-0.3, -0.25) is 4.79 Å². The summed E-state index contributed by atoms with van der Waals surface area (Å²) < 4.78 is 5.08. The van der Waals surface area contributed by atoms with Crippen molar-refractivity contribution in [2.75, 3.05) is 27.2 Å². The Morgan fingerprint density at radius 1 is 1.53 bits per heavy atom. The van der Waals surface area contributed by atoms with E-state index < -0.39 is 5.60 Å². The molecular formula is C12H24N2O3. The third-order valence-corrected chi connectivity index (χ3v) is 3.49. The number of nitrogens with zero attached hydrogens (tertiary/aromatic N) is 1. The Labute approximate surface area is 103 Å². The average molecular weight is 244 g/mol. The first-order valence-corrected chi connectivity index (χ1v) is 6.20. The van der Waals surface area contributed by atoms with Crippen LogP contribution < -0.4 is 5.73 Å². The summed E-state index contributed by atoms with van der Waals surface area (Å²) in [7, 11) is 3.27. The molecule has 0 aliphatic heterocycles. The van der Waals surface area contributed by atoms with Gasteiger partial charge in [0.05, 0.1) is 18.1 Å². The second-order valence-electron chi connectivity index (χ2n) is 4.98. The summed E-state index contributed by atoms with van der Waals surface area (Å²) in [5, 5.41) is 10.2. The number of hydrogen-bond donors (Lipinski definition) is 2. The van der Waals surface area contributed by atoms with Crippen LogP contribution in [0.2, 0.25) is 0 Å². The molecule has 1 unspecified atom stereocenters. The van der Waals surface area contributed by atoms with E-state index in [-0.39, 0.29) is 18.4 Å². The molecule has 0 radical (unpaired) electrons. The van der Waals surface area contributed by atoms with Crippen LogP contribution in [0.1, 0.15) is 32.1 Å². The molecule has 3 N–H and O–H groups in total. The van der Waals surface area contributed by atoms with E-state index >= 15 is 0 Å². The molecule has 1 aliphatic carbocycles. The highest BCUT2D eigenvalue weighted by atomic mass is 16.5. The van der Waals surface area contributed by atoms with Crippen LogP contribution in [0, 0.1) is 0 Å². The summed E-state index contributed by atoms with van der Waals surface area (Å²) in [5.74, 6) is -0.0253. The standard InChI is InChI=1S/C12H24N2O3/c1-14(9-12(16)5-3-4-6-12)11(15)7-10(8-13)17-2/h10,16H,3-9,13H2,1-2H3. The maximum absolute atomic E-state index is 11.9. The van der Waals surface area contributed by atoms with E-state index in [1.54, 1.807) is 19.1 Å². The molecule has 1 aliphatic rings. The van der Waals surface area contributed by atoms with E-state index in [1.807, 2.05) is 0 Å². The Bertz CT molecular complexity index is 248. The molecule has 0 aromatic heterocycles. The summed E-state index contributed by atoms with van der Waals surface area (Å²) in [4.78, 5) is 13.5. The maximum Gasteiger partial charge on any atom is 0.225 e. The molecule has 1 saturated carbocycles. The van der Waals surface area contributed by atoms with Crippen molar-refractivity contribution < 1.29 is 14.6 Å². The lowest BCUT2D eigenvalue weighted by atomic mass is 10.0. The number of likely N-dealkylation sites (N-methyl/N-ethyl adjacent to an activating group) is 1. The molecule has 0 aromatic rings. The van der Waals surface area contributed by atoms with Gasteiger partial charge in [0.25, 0.3) is 0 Å². The normalized spacial score (nSPS) is 20.2. The molecule has 100 valence electrons. The number of carbonyl (C=O) groups is 1. The number of carbonyl (C=O) groups excluding carboxylic acids is 1. The third kappa shape index (κ3) is 4.26. The summed E-state index contributed by atoms with van der Waals surface area (Å²) in [6, 6.07) is 0. The molecular weight excluding hydrogens is 220 g/mol. The highest BCUT2D eigenvalue weighted by molar-refractivity contribution is 5.76. The smallest absolute Gasteiger partial charge is 0.225 e. The van der Waals surface area contributed by atoms with Crippen LogP contribution in [0.5, 0.6) is 0 Å². The first-order chi connectivity index (χ1) is 8.00. The van der Waals surface area contributed by atoms with Crippen molar-refractivity contribution in [3.05, 3.63) is 0 Å². The van der Waals surface area contributed by atoms with Crippen molar-refractivity contribution in [2.24, 2.45) is 5.73 Å². The SMILES string of the molecule is COC(CN)CC(=O)N(C)CC1(O)CCCC1. The fraction of sp³-hybridized carbons (Fsp3) is 0.917. The number of amides is 1. The molecule has 1 rings (SSSR count). The number of nitrogens with two attached hydrogens (primary N) is 1. The van der Waals surface area contributed by atoms with Gasteiger partial charge in [-0.15, -0.1) is 0 Å². The Kier molecular flexibility index (Phi) is 5.36. The van der Waals surface area contributed by atoms with Crippen molar-refractivity contribution in [3.63, 3.8) is 0 Å². The van der Waals surface area contributed by atoms with Gasteiger partial charge in [0, 0.05) is 27.2 Å². The monoisotopic (exact) mass is 244 g/mol. The quantitative estimate of drug-likeness (QED) is 0.695. The molecule has 0 saturated heterocycles. The third-order valence-electron chi connectivity index (χ3n) is 3.49. The molecule has 0 aromatic carbocycles. The molecule has 0 heterocycles. The molecule has 1 fully saturated rings. The average Bonchev–Trinajstić information content (AvgIpc) is 2.72. The zero-order chi connectivity index (χ0) is 12.9. The summed E-state index contributed by atoms with van der Waals surface area (Å²) in [6.45, 7) is 0.743. The van der Waals surface area contributed by atoms with Crippen molar-refractivity contribution in [1.82, 2.24) is 4.90 Å². The van der Waals surface area contributed by atoms with Gasteiger partial charge >= 0.3 is 0 Å². The lowest BCUT2D eigenvalue weighted by Crippen LogP contribution is -2.43. The maximum atomic E-state index is 11.9. The Hall–Kier alpha value is -0.650. The fourth-order valence-corrected chi connectivity index (χ4v) is 2.33. The summed E-state index contributed by atoms with van der Waals surface area (Å²) in [6.07, 6.45) is 3.71. The Balaban J connectivity index is 2.41. The molecule has 5 heteroatoms. The van der Waals surface area contributed by atoms with Crippen LogP contribution in [0.3, 0.4) is 0 Å². The van der Waals surface area contributed by atoms with Crippen molar-refractivity contribution in [1.29, 1.82) is 0 Å². The number of rotatable bonds is 6. The van der Waals surface area contributed by atoms with Gasteiger partial charge in [-0.2, -0.15) is 0 Å². The second-order valence-corrected chi connectivity index (χ2v) is 4.98.